The van der Waals surface area contributed by atoms with Crippen molar-refractivity contribution in [1.82, 2.24) is 19.9 Å². The van der Waals surface area contributed by atoms with Gasteiger partial charge in [-0.3, -0.25) is 9.59 Å². The van der Waals surface area contributed by atoms with Gasteiger partial charge < -0.3 is 34.6 Å². The first-order valence-electron chi connectivity index (χ1n) is 9.85. The average molecular weight is 447 g/mol. The number of carbonyl (C=O) groups is 3. The van der Waals surface area contributed by atoms with Crippen molar-refractivity contribution in [2.75, 3.05) is 13.1 Å². The van der Waals surface area contributed by atoms with Crippen LogP contribution in [0.1, 0.15) is 21.6 Å². The van der Waals surface area contributed by atoms with E-state index >= 15 is 0 Å². The van der Waals surface area contributed by atoms with Gasteiger partial charge in [-0.15, -0.1) is 5.10 Å². The zero-order valence-electron chi connectivity index (χ0n) is 16.7. The predicted octanol–water partition coefficient (Wildman–Crippen LogP) is -1.25. The Morgan fingerprint density at radius 1 is 1.22 bits per heavy atom. The number of aromatic carboxylic acids is 1. The summed E-state index contributed by atoms with van der Waals surface area (Å²) in [5, 5.41) is 45.4. The van der Waals surface area contributed by atoms with E-state index in [2.05, 4.69) is 10.3 Å². The molecule has 14 heteroatoms. The van der Waals surface area contributed by atoms with Gasteiger partial charge in [-0.1, -0.05) is 17.6 Å². The van der Waals surface area contributed by atoms with E-state index < -0.39 is 24.8 Å². The number of likely N-dealkylation sites (tertiary alicyclic amines) is 1. The molecule has 1 amide bonds. The van der Waals surface area contributed by atoms with Crippen LogP contribution in [-0.2, 0) is 29.0 Å². The number of amides is 1. The van der Waals surface area contributed by atoms with E-state index in [-0.39, 0.29) is 67.5 Å². The van der Waals surface area contributed by atoms with E-state index in [0.29, 0.717) is 5.56 Å². The van der Waals surface area contributed by atoms with E-state index in [4.69, 9.17) is 14.5 Å². The highest BCUT2D eigenvalue weighted by Crippen LogP contribution is 2.38. The van der Waals surface area contributed by atoms with Crippen LogP contribution < -0.4 is 9.39 Å². The fourth-order valence-corrected chi connectivity index (χ4v) is 3.62. The zero-order chi connectivity index (χ0) is 23.0. The lowest BCUT2D eigenvalue weighted by molar-refractivity contribution is -0.141. The molecule has 32 heavy (non-hydrogen) atoms. The Bertz CT molecular complexity index is 1080. The van der Waals surface area contributed by atoms with Crippen LogP contribution in [0.2, 0.25) is 6.32 Å². The molecule has 1 fully saturated rings. The molecule has 2 aliphatic rings. The molecule has 2 aromatic rings. The highest BCUT2D eigenvalue weighted by atomic mass is 16.6. The molecule has 2 aliphatic heterocycles. The van der Waals surface area contributed by atoms with Gasteiger partial charge in [-0.25, -0.2) is 9.48 Å². The maximum absolute atomic E-state index is 12.4. The van der Waals surface area contributed by atoms with Crippen LogP contribution in [0.15, 0.2) is 18.3 Å². The minimum atomic E-state index is -3.14. The summed E-state index contributed by atoms with van der Waals surface area (Å²) in [6.07, 6.45) is 0.853. The number of carboxylic acids is 2. The van der Waals surface area contributed by atoms with Gasteiger partial charge in [0.25, 0.3) is 0 Å². The molecule has 1 aromatic carbocycles. The largest absolute Gasteiger partial charge is 0.669 e. The number of aryl methyl sites for hydroxylation is 1. The lowest BCUT2D eigenvalue weighted by Crippen LogP contribution is -2.57. The van der Waals surface area contributed by atoms with Crippen LogP contribution in [0.4, 0.5) is 0 Å². The molecule has 0 spiro atoms. The Hall–Kier alpha value is -3.65. The molecule has 4 rings (SSSR count). The molecular formula is C18H20BN4O9-. The fourth-order valence-electron chi connectivity index (χ4n) is 3.62. The van der Waals surface area contributed by atoms with Crippen LogP contribution in [0.5, 0.6) is 11.5 Å². The van der Waals surface area contributed by atoms with Crippen molar-refractivity contribution in [2.45, 2.75) is 31.8 Å². The number of aromatic nitrogens is 3. The molecule has 0 atom stereocenters. The van der Waals surface area contributed by atoms with Gasteiger partial charge in [-0.2, -0.15) is 0 Å². The summed E-state index contributed by atoms with van der Waals surface area (Å²) in [6.45, 7) is -2.84. The molecule has 0 unspecified atom stereocenters. The molecule has 1 aromatic heterocycles. The molecule has 4 N–H and O–H groups in total. The van der Waals surface area contributed by atoms with E-state index in [1.807, 2.05) is 0 Å². The van der Waals surface area contributed by atoms with Crippen molar-refractivity contribution in [3.8, 4) is 11.5 Å². The van der Waals surface area contributed by atoms with Crippen molar-refractivity contribution in [3.05, 3.63) is 35.2 Å². The van der Waals surface area contributed by atoms with Crippen molar-refractivity contribution >= 4 is 24.6 Å². The van der Waals surface area contributed by atoms with Gasteiger partial charge in [-0.05, 0) is 18.1 Å². The third-order valence-corrected chi connectivity index (χ3v) is 5.22. The molecular weight excluding hydrogens is 427 g/mol. The Balaban J connectivity index is 1.38. The number of rotatable bonds is 7. The number of benzene rings is 1. The number of fused-ring (bicyclic) bond motifs is 1. The normalized spacial score (nSPS) is 17.1. The number of hydrogen-bond donors (Lipinski definition) is 4. The standard InChI is InChI=1S/C18H20BN4O9/c24-14(9-23-6-11(20-21-23)5-15(25)26)22-7-12(8-22)31-13-2-1-10-3-4-19(29,30)32-17(10)16(13)18(27)28/h1-2,6,12,29-30H,3-5,7-9H2,(H,25,26)(H,27,28)/q-1. The van der Waals surface area contributed by atoms with E-state index in [1.165, 1.54) is 21.8 Å². The Kier molecular flexibility index (Phi) is 5.48. The quantitative estimate of drug-likeness (QED) is 0.372. The highest BCUT2D eigenvalue weighted by Gasteiger charge is 2.36. The average Bonchev–Trinajstić information content (AvgIpc) is 3.08. The molecule has 0 aliphatic carbocycles. The molecule has 1 saturated heterocycles. The second-order valence-corrected chi connectivity index (χ2v) is 7.76. The summed E-state index contributed by atoms with van der Waals surface area (Å²) in [5.41, 5.74) is 0.480. The van der Waals surface area contributed by atoms with Crippen molar-refractivity contribution < 1.29 is 44.0 Å². The summed E-state index contributed by atoms with van der Waals surface area (Å²) in [7, 11) is 0. The van der Waals surface area contributed by atoms with Gasteiger partial charge >= 0.3 is 18.7 Å². The summed E-state index contributed by atoms with van der Waals surface area (Å²) < 4.78 is 12.1. The lowest BCUT2D eigenvalue weighted by atomic mass is 9.70. The summed E-state index contributed by atoms with van der Waals surface area (Å²) in [4.78, 5) is 36.3. The smallest absolute Gasteiger partial charge is 0.430 e. The first kappa shape index (κ1) is 21.6. The highest BCUT2D eigenvalue weighted by molar-refractivity contribution is 6.59. The van der Waals surface area contributed by atoms with Gasteiger partial charge in [0.2, 0.25) is 5.91 Å². The van der Waals surface area contributed by atoms with Gasteiger partial charge in [0.1, 0.15) is 24.0 Å². The second-order valence-electron chi connectivity index (χ2n) is 7.76. The summed E-state index contributed by atoms with van der Waals surface area (Å²) in [5.74, 6) is -2.78. The SMILES string of the molecule is O=C(O)Cc1cn(CC(=O)N2CC(Oc3ccc4c(c3C(=O)O)O[B-](O)(O)CC4)C2)nn1. The predicted molar refractivity (Wildman–Crippen MR) is 105 cm³/mol. The van der Waals surface area contributed by atoms with E-state index in [1.54, 1.807) is 6.07 Å². The van der Waals surface area contributed by atoms with Crippen LogP contribution in [0.3, 0.4) is 0 Å². The van der Waals surface area contributed by atoms with Gasteiger partial charge in [0.05, 0.1) is 31.0 Å². The minimum Gasteiger partial charge on any atom is -0.669 e. The number of ether oxygens (including phenoxy) is 1. The van der Waals surface area contributed by atoms with Crippen LogP contribution in [0, 0.1) is 0 Å². The monoisotopic (exact) mass is 447 g/mol. The van der Waals surface area contributed by atoms with Crippen LogP contribution in [0.25, 0.3) is 0 Å². The van der Waals surface area contributed by atoms with Gasteiger partial charge in [0.15, 0.2) is 0 Å². The summed E-state index contributed by atoms with van der Waals surface area (Å²) in [6, 6.07) is 3.10. The van der Waals surface area contributed by atoms with Crippen molar-refractivity contribution in [2.24, 2.45) is 0 Å². The molecule has 0 saturated carbocycles. The van der Waals surface area contributed by atoms with Gasteiger partial charge in [0, 0.05) is 6.20 Å². The summed E-state index contributed by atoms with van der Waals surface area (Å²) >= 11 is 0. The van der Waals surface area contributed by atoms with Crippen molar-refractivity contribution in [1.29, 1.82) is 0 Å². The van der Waals surface area contributed by atoms with Crippen molar-refractivity contribution in [3.63, 3.8) is 0 Å². The fraction of sp³-hybridized carbons (Fsp3) is 0.389. The maximum atomic E-state index is 12.4. The number of nitrogens with zero attached hydrogens (tertiary/aromatic N) is 4. The lowest BCUT2D eigenvalue weighted by Gasteiger charge is -2.40. The topological polar surface area (TPSA) is 185 Å². The number of hydrogen-bond acceptors (Lipinski definition) is 9. The van der Waals surface area contributed by atoms with Crippen LogP contribution in [-0.4, -0.2) is 83.9 Å². The third-order valence-electron chi connectivity index (χ3n) is 5.22. The third kappa shape index (κ3) is 4.50. The molecule has 13 nitrogen and oxygen atoms in total. The first-order valence-corrected chi connectivity index (χ1v) is 9.85. The van der Waals surface area contributed by atoms with E-state index in [0.717, 1.165) is 0 Å². The molecule has 3 heterocycles. The Morgan fingerprint density at radius 2 is 1.97 bits per heavy atom. The molecule has 0 bridgehead atoms. The Labute approximate surface area is 180 Å². The molecule has 170 valence electrons. The second kappa shape index (κ2) is 8.13. The Morgan fingerprint density at radius 3 is 2.66 bits per heavy atom. The maximum Gasteiger partial charge on any atom is 0.430 e. The first-order chi connectivity index (χ1) is 15.1. The van der Waals surface area contributed by atoms with Crippen LogP contribution >= 0.6 is 0 Å². The number of carbonyl (C=O) groups excluding carboxylic acids is 1. The number of carboxylic acid groups (broad SMARTS) is 2. The van der Waals surface area contributed by atoms with E-state index in [9.17, 15) is 29.5 Å². The zero-order valence-corrected chi connectivity index (χ0v) is 16.7. The number of aliphatic carboxylic acids is 1. The molecule has 0 radical (unpaired) electrons. The minimum absolute atomic E-state index is 0.0106.